The van der Waals surface area contributed by atoms with Gasteiger partial charge in [-0.3, -0.25) is 4.79 Å². The highest BCUT2D eigenvalue weighted by molar-refractivity contribution is 5.76. The minimum atomic E-state index is -0.562. The molecule has 0 aliphatic rings. The fourth-order valence-electron chi connectivity index (χ4n) is 1.89. The van der Waals surface area contributed by atoms with Crippen LogP contribution in [0.1, 0.15) is 28.7 Å². The maximum absolute atomic E-state index is 13.3. The number of hydrogen-bond donors (Lipinski definition) is 0. The first-order valence-corrected chi connectivity index (χ1v) is 5.88. The number of benzene rings is 1. The summed E-state index contributed by atoms with van der Waals surface area (Å²) in [6.45, 7) is 4.76. The maximum atomic E-state index is 13.3. The maximum Gasteiger partial charge on any atom is 0.244 e. The van der Waals surface area contributed by atoms with E-state index in [0.29, 0.717) is 17.1 Å². The van der Waals surface area contributed by atoms with Gasteiger partial charge in [-0.25, -0.2) is 9.07 Å². The lowest BCUT2D eigenvalue weighted by molar-refractivity contribution is 0.0918. The SMILES string of the molecule is CC(=O)n1nc(C)c(Oc2cc(F)cc(C#N)c2)c1C. The highest BCUT2D eigenvalue weighted by Crippen LogP contribution is 2.29. The van der Waals surface area contributed by atoms with Crippen molar-refractivity contribution < 1.29 is 13.9 Å². The average molecular weight is 273 g/mol. The van der Waals surface area contributed by atoms with Crippen molar-refractivity contribution in [2.24, 2.45) is 0 Å². The molecule has 1 aromatic heterocycles. The molecule has 0 N–H and O–H groups in total. The molecule has 1 heterocycles. The molecule has 102 valence electrons. The van der Waals surface area contributed by atoms with Crippen LogP contribution in [0, 0.1) is 31.0 Å². The van der Waals surface area contributed by atoms with Gasteiger partial charge in [0.15, 0.2) is 5.75 Å². The molecule has 1 aromatic carbocycles. The van der Waals surface area contributed by atoms with Crippen molar-refractivity contribution in [3.63, 3.8) is 0 Å². The molecule has 0 radical (unpaired) electrons. The van der Waals surface area contributed by atoms with Gasteiger partial charge in [-0.05, 0) is 26.0 Å². The normalized spacial score (nSPS) is 10.2. The lowest BCUT2D eigenvalue weighted by Crippen LogP contribution is -2.09. The summed E-state index contributed by atoms with van der Waals surface area (Å²) in [5.41, 5.74) is 1.20. The lowest BCUT2D eigenvalue weighted by atomic mass is 10.2. The molecule has 0 saturated carbocycles. The average Bonchev–Trinajstić information content (AvgIpc) is 2.66. The molecule has 0 atom stereocenters. The number of aromatic nitrogens is 2. The third-order valence-electron chi connectivity index (χ3n) is 2.74. The van der Waals surface area contributed by atoms with E-state index < -0.39 is 5.82 Å². The molecule has 0 fully saturated rings. The summed E-state index contributed by atoms with van der Waals surface area (Å²) in [5.74, 6) is -0.226. The highest BCUT2D eigenvalue weighted by Gasteiger charge is 2.16. The van der Waals surface area contributed by atoms with E-state index in [9.17, 15) is 9.18 Å². The third-order valence-corrected chi connectivity index (χ3v) is 2.74. The summed E-state index contributed by atoms with van der Waals surface area (Å²) in [6.07, 6.45) is 0. The van der Waals surface area contributed by atoms with E-state index >= 15 is 0 Å². The first-order valence-electron chi connectivity index (χ1n) is 5.88. The Kier molecular flexibility index (Phi) is 3.53. The first-order chi connectivity index (χ1) is 9.42. The summed E-state index contributed by atoms with van der Waals surface area (Å²) in [4.78, 5) is 11.4. The van der Waals surface area contributed by atoms with Crippen LogP contribution in [-0.2, 0) is 0 Å². The van der Waals surface area contributed by atoms with Gasteiger partial charge in [-0.2, -0.15) is 10.4 Å². The van der Waals surface area contributed by atoms with Crippen LogP contribution in [0.3, 0.4) is 0 Å². The van der Waals surface area contributed by atoms with Gasteiger partial charge in [0.05, 0.1) is 17.3 Å². The van der Waals surface area contributed by atoms with Crippen molar-refractivity contribution in [1.82, 2.24) is 9.78 Å². The molecule has 0 bridgehead atoms. The van der Waals surface area contributed by atoms with Crippen molar-refractivity contribution in [3.8, 4) is 17.6 Å². The number of nitriles is 1. The quantitative estimate of drug-likeness (QED) is 0.843. The van der Waals surface area contributed by atoms with E-state index in [1.165, 1.54) is 23.7 Å². The van der Waals surface area contributed by atoms with Crippen LogP contribution >= 0.6 is 0 Å². The zero-order valence-electron chi connectivity index (χ0n) is 11.3. The number of rotatable bonds is 2. The van der Waals surface area contributed by atoms with Gasteiger partial charge >= 0.3 is 0 Å². The van der Waals surface area contributed by atoms with Crippen LogP contribution in [0.2, 0.25) is 0 Å². The fraction of sp³-hybridized carbons (Fsp3) is 0.214. The number of ether oxygens (including phenoxy) is 1. The van der Waals surface area contributed by atoms with Gasteiger partial charge < -0.3 is 4.74 Å². The second-order valence-electron chi connectivity index (χ2n) is 4.32. The predicted molar refractivity (Wildman–Crippen MR) is 69.2 cm³/mol. The topological polar surface area (TPSA) is 67.9 Å². The van der Waals surface area contributed by atoms with Crippen molar-refractivity contribution in [2.45, 2.75) is 20.8 Å². The number of carbonyl (C=O) groups is 1. The van der Waals surface area contributed by atoms with Gasteiger partial charge in [0, 0.05) is 13.0 Å². The van der Waals surface area contributed by atoms with E-state index in [-0.39, 0.29) is 17.2 Å². The Hall–Kier alpha value is -2.68. The molecule has 0 unspecified atom stereocenters. The summed E-state index contributed by atoms with van der Waals surface area (Å²) in [7, 11) is 0. The van der Waals surface area contributed by atoms with Crippen molar-refractivity contribution in [2.75, 3.05) is 0 Å². The van der Waals surface area contributed by atoms with Crippen LogP contribution in [0.5, 0.6) is 11.5 Å². The summed E-state index contributed by atoms with van der Waals surface area (Å²) in [5, 5.41) is 12.9. The van der Waals surface area contributed by atoms with Gasteiger partial charge in [-0.15, -0.1) is 0 Å². The summed E-state index contributed by atoms with van der Waals surface area (Å²) >= 11 is 0. The monoisotopic (exact) mass is 273 g/mol. The van der Waals surface area contributed by atoms with E-state index in [0.717, 1.165) is 6.07 Å². The molecule has 2 rings (SSSR count). The van der Waals surface area contributed by atoms with Gasteiger partial charge in [0.2, 0.25) is 5.91 Å². The highest BCUT2D eigenvalue weighted by atomic mass is 19.1. The predicted octanol–water partition coefficient (Wildman–Crippen LogP) is 2.96. The number of halogens is 1. The molecule has 6 heteroatoms. The van der Waals surface area contributed by atoms with Gasteiger partial charge in [0.1, 0.15) is 17.3 Å². The largest absolute Gasteiger partial charge is 0.453 e. The fourth-order valence-corrected chi connectivity index (χ4v) is 1.89. The second kappa shape index (κ2) is 5.13. The Labute approximate surface area is 115 Å². The van der Waals surface area contributed by atoms with Crippen molar-refractivity contribution in [1.29, 1.82) is 5.26 Å². The molecule has 20 heavy (non-hydrogen) atoms. The van der Waals surface area contributed by atoms with Crippen LogP contribution in [0.15, 0.2) is 18.2 Å². The standard InChI is InChI=1S/C14H12FN3O2/c1-8-14(9(2)18(17-8)10(3)19)20-13-5-11(7-16)4-12(15)6-13/h4-6H,1-3H3. The van der Waals surface area contributed by atoms with Crippen molar-refractivity contribution in [3.05, 3.63) is 41.0 Å². The zero-order chi connectivity index (χ0) is 14.9. The van der Waals surface area contributed by atoms with Crippen LogP contribution < -0.4 is 4.74 Å². The molecule has 2 aromatic rings. The Morgan fingerprint density at radius 1 is 1.40 bits per heavy atom. The molecule has 0 spiro atoms. The number of carbonyl (C=O) groups excluding carboxylic acids is 1. The Bertz CT molecular complexity index is 729. The Morgan fingerprint density at radius 2 is 2.10 bits per heavy atom. The molecule has 5 nitrogen and oxygen atoms in total. The van der Waals surface area contributed by atoms with Gasteiger partial charge in [0.25, 0.3) is 0 Å². The Balaban J connectivity index is 2.43. The second-order valence-corrected chi connectivity index (χ2v) is 4.32. The Morgan fingerprint density at radius 3 is 2.65 bits per heavy atom. The molecular formula is C14H12FN3O2. The lowest BCUT2D eigenvalue weighted by Gasteiger charge is -2.06. The van der Waals surface area contributed by atoms with E-state index in [2.05, 4.69) is 5.10 Å². The van der Waals surface area contributed by atoms with Crippen LogP contribution in [0.4, 0.5) is 4.39 Å². The minimum absolute atomic E-state index is 0.161. The first kappa shape index (κ1) is 13.7. The zero-order valence-corrected chi connectivity index (χ0v) is 11.3. The summed E-state index contributed by atoms with van der Waals surface area (Å²) in [6, 6.07) is 5.56. The van der Waals surface area contributed by atoms with Crippen molar-refractivity contribution >= 4 is 5.91 Å². The summed E-state index contributed by atoms with van der Waals surface area (Å²) < 4.78 is 20.1. The van der Waals surface area contributed by atoms with Crippen LogP contribution in [0.25, 0.3) is 0 Å². The number of hydrogen-bond acceptors (Lipinski definition) is 4. The van der Waals surface area contributed by atoms with Gasteiger partial charge in [-0.1, -0.05) is 0 Å². The minimum Gasteiger partial charge on any atom is -0.453 e. The number of aryl methyl sites for hydroxylation is 1. The molecule has 0 amide bonds. The smallest absolute Gasteiger partial charge is 0.244 e. The molecular weight excluding hydrogens is 261 g/mol. The van der Waals surface area contributed by atoms with E-state index in [1.54, 1.807) is 13.8 Å². The number of nitrogens with zero attached hydrogens (tertiary/aromatic N) is 3. The molecule has 0 saturated heterocycles. The van der Waals surface area contributed by atoms with E-state index in [1.807, 2.05) is 6.07 Å². The third kappa shape index (κ3) is 2.52. The molecule has 0 aliphatic carbocycles. The molecule has 0 aliphatic heterocycles. The van der Waals surface area contributed by atoms with Crippen LogP contribution in [-0.4, -0.2) is 15.7 Å². The van der Waals surface area contributed by atoms with E-state index in [4.69, 9.17) is 10.00 Å².